The van der Waals surface area contributed by atoms with Crippen LogP contribution in [0.1, 0.15) is 31.4 Å². The van der Waals surface area contributed by atoms with Crippen molar-refractivity contribution in [3.05, 3.63) is 29.3 Å². The zero-order valence-corrected chi connectivity index (χ0v) is 11.3. The summed E-state index contributed by atoms with van der Waals surface area (Å²) < 4.78 is 5.52. The molecule has 18 heavy (non-hydrogen) atoms. The van der Waals surface area contributed by atoms with Gasteiger partial charge in [0.1, 0.15) is 5.75 Å². The molecule has 0 aliphatic heterocycles. The highest BCUT2D eigenvalue weighted by Gasteiger charge is 2.07. The lowest BCUT2D eigenvalue weighted by Crippen LogP contribution is -2.35. The number of hydrogen-bond acceptors (Lipinski definition) is 3. The van der Waals surface area contributed by atoms with Crippen molar-refractivity contribution in [2.24, 2.45) is 5.73 Å². The quantitative estimate of drug-likeness (QED) is 0.808. The van der Waals surface area contributed by atoms with Gasteiger partial charge in [-0.2, -0.15) is 0 Å². The Kier molecular flexibility index (Phi) is 5.65. The van der Waals surface area contributed by atoms with E-state index >= 15 is 0 Å². The van der Waals surface area contributed by atoms with Crippen LogP contribution in [-0.2, 0) is 11.3 Å². The average molecular weight is 250 g/mol. The molecule has 0 radical (unpaired) electrons. The first kappa shape index (κ1) is 14.5. The number of rotatable bonds is 6. The molecule has 1 rings (SSSR count). The Bertz CT molecular complexity index is 405. The van der Waals surface area contributed by atoms with Crippen LogP contribution in [0, 0.1) is 6.92 Å². The van der Waals surface area contributed by atoms with Gasteiger partial charge in [-0.3, -0.25) is 4.79 Å². The molecule has 100 valence electrons. The summed E-state index contributed by atoms with van der Waals surface area (Å²) in [4.78, 5) is 11.6. The standard InChI is InChI=1S/C14H22N2O2/c1-4-11(3)16-14(17)9-18-13-7-12(8-15)6-5-10(13)2/h5-7,11H,4,8-9,15H2,1-3H3,(H,16,17). The van der Waals surface area contributed by atoms with E-state index in [4.69, 9.17) is 10.5 Å². The molecule has 1 amide bonds. The van der Waals surface area contributed by atoms with Crippen molar-refractivity contribution in [2.45, 2.75) is 39.8 Å². The summed E-state index contributed by atoms with van der Waals surface area (Å²) in [7, 11) is 0. The molecule has 0 aromatic heterocycles. The molecule has 0 heterocycles. The highest BCUT2D eigenvalue weighted by molar-refractivity contribution is 5.77. The van der Waals surface area contributed by atoms with E-state index in [0.717, 1.165) is 23.3 Å². The molecule has 0 spiro atoms. The van der Waals surface area contributed by atoms with E-state index in [1.807, 2.05) is 39.0 Å². The van der Waals surface area contributed by atoms with E-state index in [1.54, 1.807) is 0 Å². The molecule has 4 heteroatoms. The number of hydrogen-bond donors (Lipinski definition) is 2. The second kappa shape index (κ2) is 7.01. The normalized spacial score (nSPS) is 12.0. The van der Waals surface area contributed by atoms with E-state index in [-0.39, 0.29) is 18.6 Å². The number of aryl methyl sites for hydroxylation is 1. The molecule has 1 atom stereocenters. The van der Waals surface area contributed by atoms with Crippen LogP contribution >= 0.6 is 0 Å². The summed E-state index contributed by atoms with van der Waals surface area (Å²) in [6, 6.07) is 5.97. The summed E-state index contributed by atoms with van der Waals surface area (Å²) >= 11 is 0. The van der Waals surface area contributed by atoms with E-state index in [1.165, 1.54) is 0 Å². The van der Waals surface area contributed by atoms with E-state index in [9.17, 15) is 4.79 Å². The Balaban J connectivity index is 2.55. The number of amides is 1. The fourth-order valence-corrected chi connectivity index (χ4v) is 1.49. The third-order valence-corrected chi connectivity index (χ3v) is 2.87. The minimum absolute atomic E-state index is 0.0409. The van der Waals surface area contributed by atoms with Gasteiger partial charge in [-0.25, -0.2) is 0 Å². The van der Waals surface area contributed by atoms with Gasteiger partial charge >= 0.3 is 0 Å². The molecule has 3 N–H and O–H groups in total. The zero-order valence-electron chi connectivity index (χ0n) is 11.3. The van der Waals surface area contributed by atoms with Crippen LogP contribution in [0.5, 0.6) is 5.75 Å². The van der Waals surface area contributed by atoms with Crippen molar-refractivity contribution in [2.75, 3.05) is 6.61 Å². The molecule has 1 aromatic carbocycles. The average Bonchev–Trinajstić information content (AvgIpc) is 2.37. The molecule has 0 aliphatic rings. The lowest BCUT2D eigenvalue weighted by molar-refractivity contribution is -0.123. The van der Waals surface area contributed by atoms with E-state index in [2.05, 4.69) is 5.32 Å². The lowest BCUT2D eigenvalue weighted by atomic mass is 10.1. The largest absolute Gasteiger partial charge is 0.483 e. The van der Waals surface area contributed by atoms with Crippen molar-refractivity contribution in [1.82, 2.24) is 5.32 Å². The molecule has 0 saturated heterocycles. The minimum Gasteiger partial charge on any atom is -0.483 e. The fourth-order valence-electron chi connectivity index (χ4n) is 1.49. The maximum atomic E-state index is 11.6. The third-order valence-electron chi connectivity index (χ3n) is 2.87. The number of carbonyl (C=O) groups is 1. The van der Waals surface area contributed by atoms with Crippen LogP contribution in [0.25, 0.3) is 0 Å². The Morgan fingerprint density at radius 1 is 1.50 bits per heavy atom. The van der Waals surface area contributed by atoms with Crippen molar-refractivity contribution in [3.63, 3.8) is 0 Å². The number of nitrogens with one attached hydrogen (secondary N) is 1. The first-order valence-corrected chi connectivity index (χ1v) is 6.28. The summed E-state index contributed by atoms with van der Waals surface area (Å²) in [5.74, 6) is 0.624. The van der Waals surface area contributed by atoms with Crippen molar-refractivity contribution in [3.8, 4) is 5.75 Å². The summed E-state index contributed by atoms with van der Waals surface area (Å²) in [5, 5.41) is 2.86. The maximum absolute atomic E-state index is 11.6. The highest BCUT2D eigenvalue weighted by Crippen LogP contribution is 2.19. The first-order valence-electron chi connectivity index (χ1n) is 6.28. The SMILES string of the molecule is CCC(C)NC(=O)COc1cc(CN)ccc1C. The molecular formula is C14H22N2O2. The Morgan fingerprint density at radius 3 is 2.83 bits per heavy atom. The van der Waals surface area contributed by atoms with Gasteiger partial charge in [0.05, 0.1) is 0 Å². The smallest absolute Gasteiger partial charge is 0.258 e. The van der Waals surface area contributed by atoms with Crippen LogP contribution in [0.3, 0.4) is 0 Å². The van der Waals surface area contributed by atoms with Crippen LogP contribution < -0.4 is 15.8 Å². The molecule has 0 fully saturated rings. The highest BCUT2D eigenvalue weighted by atomic mass is 16.5. The van der Waals surface area contributed by atoms with Crippen LogP contribution in [0.15, 0.2) is 18.2 Å². The van der Waals surface area contributed by atoms with Gasteiger partial charge < -0.3 is 15.8 Å². The van der Waals surface area contributed by atoms with Gasteiger partial charge in [0.25, 0.3) is 5.91 Å². The Morgan fingerprint density at radius 2 is 2.22 bits per heavy atom. The molecule has 4 nitrogen and oxygen atoms in total. The van der Waals surface area contributed by atoms with Crippen LogP contribution in [0.4, 0.5) is 0 Å². The van der Waals surface area contributed by atoms with Crippen molar-refractivity contribution >= 4 is 5.91 Å². The topological polar surface area (TPSA) is 64.3 Å². The fraction of sp³-hybridized carbons (Fsp3) is 0.500. The third kappa shape index (κ3) is 4.37. The molecule has 0 bridgehead atoms. The van der Waals surface area contributed by atoms with E-state index in [0.29, 0.717) is 6.54 Å². The van der Waals surface area contributed by atoms with Crippen molar-refractivity contribution in [1.29, 1.82) is 0 Å². The second-order valence-electron chi connectivity index (χ2n) is 4.47. The molecule has 0 saturated carbocycles. The summed E-state index contributed by atoms with van der Waals surface area (Å²) in [5.41, 5.74) is 7.58. The van der Waals surface area contributed by atoms with Gasteiger partial charge in [-0.1, -0.05) is 19.1 Å². The van der Waals surface area contributed by atoms with Gasteiger partial charge in [0, 0.05) is 12.6 Å². The lowest BCUT2D eigenvalue weighted by Gasteiger charge is -2.13. The number of benzene rings is 1. The van der Waals surface area contributed by atoms with Gasteiger partial charge in [0.2, 0.25) is 0 Å². The number of carbonyl (C=O) groups excluding carboxylic acids is 1. The predicted octanol–water partition coefficient (Wildman–Crippen LogP) is 1.75. The van der Waals surface area contributed by atoms with Crippen LogP contribution in [-0.4, -0.2) is 18.6 Å². The number of ether oxygens (including phenoxy) is 1. The molecule has 1 unspecified atom stereocenters. The molecular weight excluding hydrogens is 228 g/mol. The minimum atomic E-state index is -0.0955. The van der Waals surface area contributed by atoms with E-state index < -0.39 is 0 Å². The Labute approximate surface area is 109 Å². The zero-order chi connectivity index (χ0) is 13.5. The van der Waals surface area contributed by atoms with Gasteiger partial charge in [0.15, 0.2) is 6.61 Å². The predicted molar refractivity (Wildman–Crippen MR) is 72.5 cm³/mol. The second-order valence-corrected chi connectivity index (χ2v) is 4.47. The van der Waals surface area contributed by atoms with Gasteiger partial charge in [-0.15, -0.1) is 0 Å². The number of nitrogens with two attached hydrogens (primary N) is 1. The maximum Gasteiger partial charge on any atom is 0.258 e. The molecule has 1 aromatic rings. The Hall–Kier alpha value is -1.55. The van der Waals surface area contributed by atoms with Crippen molar-refractivity contribution < 1.29 is 9.53 Å². The molecule has 0 aliphatic carbocycles. The summed E-state index contributed by atoms with van der Waals surface area (Å²) in [6.45, 7) is 6.45. The first-order chi connectivity index (χ1) is 8.56. The van der Waals surface area contributed by atoms with Gasteiger partial charge in [-0.05, 0) is 37.5 Å². The monoisotopic (exact) mass is 250 g/mol. The summed E-state index contributed by atoms with van der Waals surface area (Å²) in [6.07, 6.45) is 0.910. The van der Waals surface area contributed by atoms with Crippen LogP contribution in [0.2, 0.25) is 0 Å².